The fourth-order valence-corrected chi connectivity index (χ4v) is 2.14. The van der Waals surface area contributed by atoms with Crippen LogP contribution in [0.4, 0.5) is 13.6 Å². The van der Waals surface area contributed by atoms with E-state index in [4.69, 9.17) is 9.47 Å². The number of ether oxygens (including phenoxy) is 2. The lowest BCUT2D eigenvalue weighted by Gasteiger charge is -2.17. The number of carbonyl (C=O) groups is 1. The zero-order valence-electron chi connectivity index (χ0n) is 12.4. The van der Waals surface area contributed by atoms with Gasteiger partial charge in [0.15, 0.2) is 11.6 Å². The lowest BCUT2D eigenvalue weighted by molar-refractivity contribution is 0.111. The van der Waals surface area contributed by atoms with Crippen molar-refractivity contribution in [3.63, 3.8) is 0 Å². The molecule has 1 aromatic rings. The number of halogens is 2. The van der Waals surface area contributed by atoms with E-state index < -0.39 is 11.6 Å². The van der Waals surface area contributed by atoms with Gasteiger partial charge >= 0.3 is 6.03 Å². The number of amides is 2. The Morgan fingerprint density at radius 3 is 3.00 bits per heavy atom. The summed E-state index contributed by atoms with van der Waals surface area (Å²) in [5.41, 5.74) is 0. The highest BCUT2D eigenvalue weighted by Crippen LogP contribution is 2.17. The average Bonchev–Trinajstić information content (AvgIpc) is 2.97. The van der Waals surface area contributed by atoms with Crippen molar-refractivity contribution in [1.29, 1.82) is 0 Å². The third-order valence-corrected chi connectivity index (χ3v) is 3.27. The van der Waals surface area contributed by atoms with Gasteiger partial charge in [-0.25, -0.2) is 13.6 Å². The summed E-state index contributed by atoms with van der Waals surface area (Å²) in [6.07, 6.45) is 2.04. The van der Waals surface area contributed by atoms with E-state index >= 15 is 0 Å². The lowest BCUT2D eigenvalue weighted by atomic mass is 10.2. The van der Waals surface area contributed by atoms with E-state index in [1.54, 1.807) is 6.92 Å². The lowest BCUT2D eigenvalue weighted by Crippen LogP contribution is -2.45. The van der Waals surface area contributed by atoms with Gasteiger partial charge in [0.05, 0.1) is 12.1 Å². The normalized spacial score (nSPS) is 18.8. The van der Waals surface area contributed by atoms with Gasteiger partial charge in [-0.3, -0.25) is 0 Å². The predicted octanol–water partition coefficient (Wildman–Crippen LogP) is 2.21. The molecule has 1 aliphatic rings. The number of rotatable bonds is 6. The first-order valence-corrected chi connectivity index (χ1v) is 7.28. The Balaban J connectivity index is 1.68. The van der Waals surface area contributed by atoms with E-state index in [0.717, 1.165) is 31.6 Å². The zero-order valence-corrected chi connectivity index (χ0v) is 12.4. The number of nitrogens with one attached hydrogen (secondary N) is 2. The molecule has 1 saturated heterocycles. The molecular weight excluding hydrogens is 294 g/mol. The molecule has 1 aromatic carbocycles. The van der Waals surface area contributed by atoms with Crippen LogP contribution in [0.2, 0.25) is 0 Å². The maximum Gasteiger partial charge on any atom is 0.315 e. The van der Waals surface area contributed by atoms with Gasteiger partial charge in [-0.15, -0.1) is 0 Å². The van der Waals surface area contributed by atoms with Crippen LogP contribution in [0.3, 0.4) is 0 Å². The minimum Gasteiger partial charge on any atom is -0.488 e. The van der Waals surface area contributed by atoms with Gasteiger partial charge in [-0.2, -0.15) is 0 Å². The Morgan fingerprint density at radius 2 is 2.32 bits per heavy atom. The summed E-state index contributed by atoms with van der Waals surface area (Å²) in [5, 5.41) is 5.40. The molecule has 2 rings (SSSR count). The highest BCUT2D eigenvalue weighted by atomic mass is 19.1. The first kappa shape index (κ1) is 16.5. The summed E-state index contributed by atoms with van der Waals surface area (Å²) in [4.78, 5) is 11.7. The van der Waals surface area contributed by atoms with Crippen molar-refractivity contribution in [3.05, 3.63) is 29.8 Å². The first-order chi connectivity index (χ1) is 10.5. The third kappa shape index (κ3) is 5.14. The fourth-order valence-electron chi connectivity index (χ4n) is 2.14. The van der Waals surface area contributed by atoms with Crippen LogP contribution >= 0.6 is 0 Å². The van der Waals surface area contributed by atoms with E-state index in [2.05, 4.69) is 10.6 Å². The van der Waals surface area contributed by atoms with Crippen molar-refractivity contribution >= 4 is 6.03 Å². The molecule has 1 heterocycles. The molecule has 2 N–H and O–H groups in total. The van der Waals surface area contributed by atoms with Crippen molar-refractivity contribution in [3.8, 4) is 5.75 Å². The fraction of sp³-hybridized carbons (Fsp3) is 0.533. The zero-order chi connectivity index (χ0) is 15.9. The molecule has 2 atom stereocenters. The van der Waals surface area contributed by atoms with Crippen LogP contribution in [0.25, 0.3) is 0 Å². The van der Waals surface area contributed by atoms with Crippen LogP contribution in [0.1, 0.15) is 19.8 Å². The number of benzene rings is 1. The molecule has 0 bridgehead atoms. The molecule has 22 heavy (non-hydrogen) atoms. The Hall–Kier alpha value is -1.89. The van der Waals surface area contributed by atoms with Gasteiger partial charge in [0, 0.05) is 19.2 Å². The topological polar surface area (TPSA) is 59.6 Å². The van der Waals surface area contributed by atoms with Crippen molar-refractivity contribution in [2.45, 2.75) is 31.9 Å². The van der Waals surface area contributed by atoms with E-state index in [9.17, 15) is 13.6 Å². The second-order valence-corrected chi connectivity index (χ2v) is 5.28. The molecule has 2 amide bonds. The van der Waals surface area contributed by atoms with Crippen LogP contribution in [0.15, 0.2) is 18.2 Å². The maximum atomic E-state index is 13.4. The summed E-state index contributed by atoms with van der Waals surface area (Å²) < 4.78 is 36.8. The molecule has 0 aromatic heterocycles. The minimum atomic E-state index is -0.768. The van der Waals surface area contributed by atoms with Gasteiger partial charge < -0.3 is 20.1 Å². The van der Waals surface area contributed by atoms with Crippen LogP contribution < -0.4 is 15.4 Å². The average molecular weight is 314 g/mol. The van der Waals surface area contributed by atoms with Crippen LogP contribution in [0, 0.1) is 11.6 Å². The summed E-state index contributed by atoms with van der Waals surface area (Å²) in [6.45, 7) is 3.01. The molecule has 1 fully saturated rings. The second-order valence-electron chi connectivity index (χ2n) is 5.28. The quantitative estimate of drug-likeness (QED) is 0.846. The summed E-state index contributed by atoms with van der Waals surface area (Å²) >= 11 is 0. The van der Waals surface area contributed by atoms with Crippen molar-refractivity contribution in [2.75, 3.05) is 19.8 Å². The number of hydrogen-bond donors (Lipinski definition) is 2. The van der Waals surface area contributed by atoms with E-state index in [1.165, 1.54) is 6.07 Å². The van der Waals surface area contributed by atoms with E-state index in [-0.39, 0.29) is 30.5 Å². The number of hydrogen-bond acceptors (Lipinski definition) is 3. The second kappa shape index (κ2) is 7.93. The molecule has 0 unspecified atom stereocenters. The molecule has 1 aliphatic heterocycles. The summed E-state index contributed by atoms with van der Waals surface area (Å²) in [5.74, 6) is -1.48. The number of urea groups is 1. The molecule has 122 valence electrons. The Morgan fingerprint density at radius 1 is 1.50 bits per heavy atom. The van der Waals surface area contributed by atoms with E-state index in [0.29, 0.717) is 6.54 Å². The molecule has 5 nitrogen and oxygen atoms in total. The molecule has 7 heteroatoms. The maximum absolute atomic E-state index is 13.4. The first-order valence-electron chi connectivity index (χ1n) is 7.28. The Labute approximate surface area is 128 Å². The van der Waals surface area contributed by atoms with Gasteiger partial charge in [0.25, 0.3) is 0 Å². The SMILES string of the molecule is C[C@@H](COc1ccc(F)cc1F)NC(=O)NC[C@@H]1CCCO1. The van der Waals surface area contributed by atoms with Gasteiger partial charge in [0.1, 0.15) is 12.4 Å². The monoisotopic (exact) mass is 314 g/mol. The summed E-state index contributed by atoms with van der Waals surface area (Å²) in [6, 6.07) is 2.43. The van der Waals surface area contributed by atoms with Crippen LogP contribution in [-0.4, -0.2) is 37.9 Å². The highest BCUT2D eigenvalue weighted by Gasteiger charge is 2.17. The molecule has 0 saturated carbocycles. The standard InChI is InChI=1S/C15H20F2N2O3/c1-10(9-22-14-5-4-11(16)7-13(14)17)19-15(20)18-8-12-3-2-6-21-12/h4-5,7,10,12H,2-3,6,8-9H2,1H3,(H2,18,19,20)/t10-,12-/m0/s1. The van der Waals surface area contributed by atoms with Crippen molar-refractivity contribution in [2.24, 2.45) is 0 Å². The molecule has 0 radical (unpaired) electrons. The van der Waals surface area contributed by atoms with Crippen LogP contribution in [0.5, 0.6) is 5.75 Å². The predicted molar refractivity (Wildman–Crippen MR) is 76.8 cm³/mol. The molecular formula is C15H20F2N2O3. The van der Waals surface area contributed by atoms with E-state index in [1.807, 2.05) is 0 Å². The van der Waals surface area contributed by atoms with Gasteiger partial charge in [0.2, 0.25) is 0 Å². The smallest absolute Gasteiger partial charge is 0.315 e. The highest BCUT2D eigenvalue weighted by molar-refractivity contribution is 5.74. The van der Waals surface area contributed by atoms with Gasteiger partial charge in [-0.1, -0.05) is 0 Å². The largest absolute Gasteiger partial charge is 0.488 e. The Kier molecular flexibility index (Phi) is 5.94. The number of carbonyl (C=O) groups excluding carboxylic acids is 1. The Bertz CT molecular complexity index is 508. The third-order valence-electron chi connectivity index (χ3n) is 3.27. The van der Waals surface area contributed by atoms with Crippen molar-refractivity contribution < 1.29 is 23.0 Å². The molecule has 0 aliphatic carbocycles. The summed E-state index contributed by atoms with van der Waals surface area (Å²) in [7, 11) is 0. The van der Waals surface area contributed by atoms with Crippen LogP contribution in [-0.2, 0) is 4.74 Å². The minimum absolute atomic E-state index is 0.0465. The van der Waals surface area contributed by atoms with Gasteiger partial charge in [-0.05, 0) is 31.9 Å². The molecule has 0 spiro atoms. The van der Waals surface area contributed by atoms with Crippen molar-refractivity contribution in [1.82, 2.24) is 10.6 Å².